The van der Waals surface area contributed by atoms with Gasteiger partial charge in [-0.1, -0.05) is 0 Å². The zero-order valence-corrected chi connectivity index (χ0v) is 12.0. The van der Waals surface area contributed by atoms with Gasteiger partial charge in [0.2, 0.25) is 0 Å². The molecule has 0 radical (unpaired) electrons. The van der Waals surface area contributed by atoms with E-state index in [-0.39, 0.29) is 0 Å². The summed E-state index contributed by atoms with van der Waals surface area (Å²) in [6, 6.07) is 15.5. The molecule has 0 unspecified atom stereocenters. The van der Waals surface area contributed by atoms with Gasteiger partial charge >= 0.3 is 0 Å². The minimum absolute atomic E-state index is 0.789. The standard InChI is InChI=1S/C17H18N2O2/c1-20-14-7-9-16(10-8-14)21-15-5-3-13(4-6-15)17-18-11-2-12-19-17/h3-10H,2,11-12H2,1H3,(H,18,19). The zero-order chi connectivity index (χ0) is 14.5. The fraction of sp³-hybridized carbons (Fsp3) is 0.235. The average molecular weight is 282 g/mol. The lowest BCUT2D eigenvalue weighted by Gasteiger charge is -2.15. The molecule has 0 aliphatic carbocycles. The van der Waals surface area contributed by atoms with E-state index in [9.17, 15) is 0 Å². The second-order valence-electron chi connectivity index (χ2n) is 4.81. The minimum atomic E-state index is 0.789. The molecule has 1 N–H and O–H groups in total. The van der Waals surface area contributed by atoms with Crippen LogP contribution in [-0.2, 0) is 0 Å². The number of rotatable bonds is 4. The third kappa shape index (κ3) is 3.34. The number of methoxy groups -OCH3 is 1. The van der Waals surface area contributed by atoms with Crippen molar-refractivity contribution in [2.24, 2.45) is 4.99 Å². The van der Waals surface area contributed by atoms with E-state index in [1.165, 1.54) is 0 Å². The zero-order valence-electron chi connectivity index (χ0n) is 12.0. The number of hydrogen-bond donors (Lipinski definition) is 1. The Kier molecular flexibility index (Phi) is 4.05. The molecular weight excluding hydrogens is 264 g/mol. The van der Waals surface area contributed by atoms with Gasteiger partial charge in [0, 0.05) is 18.7 Å². The van der Waals surface area contributed by atoms with Crippen molar-refractivity contribution in [3.63, 3.8) is 0 Å². The summed E-state index contributed by atoms with van der Waals surface area (Å²) in [7, 11) is 1.65. The Morgan fingerprint density at radius 1 is 0.905 bits per heavy atom. The van der Waals surface area contributed by atoms with E-state index in [0.29, 0.717) is 0 Å². The molecule has 4 nitrogen and oxygen atoms in total. The maximum Gasteiger partial charge on any atom is 0.128 e. The largest absolute Gasteiger partial charge is 0.497 e. The molecule has 3 rings (SSSR count). The maximum atomic E-state index is 5.80. The predicted octanol–water partition coefficient (Wildman–Crippen LogP) is 3.23. The molecule has 0 saturated carbocycles. The summed E-state index contributed by atoms with van der Waals surface area (Å²) in [6.07, 6.45) is 1.10. The van der Waals surface area contributed by atoms with Gasteiger partial charge in [-0.05, 0) is 55.0 Å². The molecular formula is C17H18N2O2. The fourth-order valence-electron chi connectivity index (χ4n) is 2.19. The summed E-state index contributed by atoms with van der Waals surface area (Å²) in [5, 5.41) is 3.31. The highest BCUT2D eigenvalue weighted by atomic mass is 16.5. The van der Waals surface area contributed by atoms with Crippen LogP contribution >= 0.6 is 0 Å². The number of amidine groups is 1. The van der Waals surface area contributed by atoms with Gasteiger partial charge in [-0.2, -0.15) is 0 Å². The van der Waals surface area contributed by atoms with Gasteiger partial charge in [-0.3, -0.25) is 4.99 Å². The van der Waals surface area contributed by atoms with Crippen LogP contribution in [0.2, 0.25) is 0 Å². The van der Waals surface area contributed by atoms with Gasteiger partial charge < -0.3 is 14.8 Å². The van der Waals surface area contributed by atoms with Crippen molar-refractivity contribution in [1.82, 2.24) is 5.32 Å². The summed E-state index contributed by atoms with van der Waals surface area (Å²) in [5.74, 6) is 3.38. The van der Waals surface area contributed by atoms with E-state index in [0.717, 1.165) is 48.2 Å². The molecule has 1 heterocycles. The van der Waals surface area contributed by atoms with Crippen molar-refractivity contribution in [3.8, 4) is 17.2 Å². The van der Waals surface area contributed by atoms with Crippen LogP contribution in [0.4, 0.5) is 0 Å². The van der Waals surface area contributed by atoms with Crippen LogP contribution < -0.4 is 14.8 Å². The van der Waals surface area contributed by atoms with Crippen LogP contribution in [0.5, 0.6) is 17.2 Å². The van der Waals surface area contributed by atoms with Gasteiger partial charge in [-0.25, -0.2) is 0 Å². The lowest BCUT2D eigenvalue weighted by Crippen LogP contribution is -2.30. The first-order valence-corrected chi connectivity index (χ1v) is 7.06. The number of nitrogens with zero attached hydrogens (tertiary/aromatic N) is 1. The Morgan fingerprint density at radius 3 is 2.10 bits per heavy atom. The highest BCUT2D eigenvalue weighted by Gasteiger charge is 2.07. The molecule has 0 atom stereocenters. The number of hydrogen-bond acceptors (Lipinski definition) is 4. The minimum Gasteiger partial charge on any atom is -0.497 e. The molecule has 4 heteroatoms. The number of ether oxygens (including phenoxy) is 2. The van der Waals surface area contributed by atoms with E-state index in [1.807, 2.05) is 48.5 Å². The van der Waals surface area contributed by atoms with Gasteiger partial charge in [0.1, 0.15) is 23.1 Å². The highest BCUT2D eigenvalue weighted by Crippen LogP contribution is 2.24. The van der Waals surface area contributed by atoms with Crippen LogP contribution in [-0.4, -0.2) is 26.0 Å². The first-order chi connectivity index (χ1) is 10.3. The summed E-state index contributed by atoms with van der Waals surface area (Å²) in [6.45, 7) is 1.88. The fourth-order valence-corrected chi connectivity index (χ4v) is 2.19. The van der Waals surface area contributed by atoms with E-state index in [1.54, 1.807) is 7.11 Å². The molecule has 0 bridgehead atoms. The van der Waals surface area contributed by atoms with Crippen LogP contribution in [0.3, 0.4) is 0 Å². The summed E-state index contributed by atoms with van der Waals surface area (Å²) >= 11 is 0. The van der Waals surface area contributed by atoms with Gasteiger partial charge in [-0.15, -0.1) is 0 Å². The van der Waals surface area contributed by atoms with Crippen LogP contribution in [0.15, 0.2) is 53.5 Å². The lowest BCUT2D eigenvalue weighted by molar-refractivity contribution is 0.413. The molecule has 1 aliphatic rings. The smallest absolute Gasteiger partial charge is 0.128 e. The topological polar surface area (TPSA) is 42.9 Å². The molecule has 2 aromatic rings. The summed E-state index contributed by atoms with van der Waals surface area (Å²) in [4.78, 5) is 4.48. The van der Waals surface area contributed by atoms with Crippen molar-refractivity contribution in [2.45, 2.75) is 6.42 Å². The second-order valence-corrected chi connectivity index (χ2v) is 4.81. The maximum absolute atomic E-state index is 5.80. The molecule has 1 aliphatic heterocycles. The van der Waals surface area contributed by atoms with Gasteiger partial charge in [0.15, 0.2) is 0 Å². The molecule has 0 saturated heterocycles. The lowest BCUT2D eigenvalue weighted by atomic mass is 10.1. The Labute approximate surface area is 124 Å². The first kappa shape index (κ1) is 13.5. The monoisotopic (exact) mass is 282 g/mol. The first-order valence-electron chi connectivity index (χ1n) is 7.06. The summed E-state index contributed by atoms with van der Waals surface area (Å²) < 4.78 is 10.9. The van der Waals surface area contributed by atoms with Crippen molar-refractivity contribution < 1.29 is 9.47 Å². The Morgan fingerprint density at radius 2 is 1.52 bits per heavy atom. The molecule has 21 heavy (non-hydrogen) atoms. The number of benzene rings is 2. The number of aliphatic imine (C=N–C) groups is 1. The van der Waals surface area contributed by atoms with E-state index in [2.05, 4.69) is 10.3 Å². The summed E-state index contributed by atoms with van der Waals surface area (Å²) in [5.41, 5.74) is 1.09. The SMILES string of the molecule is COc1ccc(Oc2ccc(C3=NCCCN3)cc2)cc1. The van der Waals surface area contributed by atoms with E-state index in [4.69, 9.17) is 9.47 Å². The van der Waals surface area contributed by atoms with Crippen molar-refractivity contribution in [3.05, 3.63) is 54.1 Å². The molecule has 2 aromatic carbocycles. The van der Waals surface area contributed by atoms with Crippen molar-refractivity contribution in [1.29, 1.82) is 0 Å². The van der Waals surface area contributed by atoms with Crippen LogP contribution in [0, 0.1) is 0 Å². The molecule has 108 valence electrons. The second kappa shape index (κ2) is 6.31. The Hall–Kier alpha value is -2.49. The van der Waals surface area contributed by atoms with Gasteiger partial charge in [0.05, 0.1) is 7.11 Å². The van der Waals surface area contributed by atoms with Gasteiger partial charge in [0.25, 0.3) is 0 Å². The molecule has 0 fully saturated rings. The number of nitrogens with one attached hydrogen (secondary N) is 1. The average Bonchev–Trinajstić information content (AvgIpc) is 2.57. The third-order valence-electron chi connectivity index (χ3n) is 3.32. The van der Waals surface area contributed by atoms with Crippen LogP contribution in [0.1, 0.15) is 12.0 Å². The van der Waals surface area contributed by atoms with Crippen molar-refractivity contribution >= 4 is 5.84 Å². The van der Waals surface area contributed by atoms with Crippen molar-refractivity contribution in [2.75, 3.05) is 20.2 Å². The quantitative estimate of drug-likeness (QED) is 0.936. The molecule has 0 amide bonds. The third-order valence-corrected chi connectivity index (χ3v) is 3.32. The molecule has 0 aromatic heterocycles. The van der Waals surface area contributed by atoms with Crippen LogP contribution in [0.25, 0.3) is 0 Å². The molecule has 0 spiro atoms. The Bertz CT molecular complexity index is 618. The van der Waals surface area contributed by atoms with E-state index >= 15 is 0 Å². The highest BCUT2D eigenvalue weighted by molar-refractivity contribution is 5.99. The Balaban J connectivity index is 1.70. The predicted molar refractivity (Wildman–Crippen MR) is 83.5 cm³/mol. The normalized spacial score (nSPS) is 14.0. The van der Waals surface area contributed by atoms with E-state index < -0.39 is 0 Å².